The van der Waals surface area contributed by atoms with Crippen LogP contribution >= 0.6 is 11.8 Å². The van der Waals surface area contributed by atoms with Gasteiger partial charge in [0.25, 0.3) is 0 Å². The van der Waals surface area contributed by atoms with Crippen molar-refractivity contribution in [3.05, 3.63) is 66.0 Å². The van der Waals surface area contributed by atoms with E-state index in [1.807, 2.05) is 41.9 Å². The Hall–Kier alpha value is -3.11. The van der Waals surface area contributed by atoms with Crippen molar-refractivity contribution in [1.29, 1.82) is 5.26 Å². The summed E-state index contributed by atoms with van der Waals surface area (Å²) in [6.45, 7) is 1.84. The summed E-state index contributed by atoms with van der Waals surface area (Å²) in [5, 5.41) is 16.6. The van der Waals surface area contributed by atoms with E-state index in [-0.39, 0.29) is 11.2 Å². The molecular weight excluding hydrogens is 370 g/mol. The highest BCUT2D eigenvalue weighted by molar-refractivity contribution is 8.00. The molecule has 1 amide bonds. The van der Waals surface area contributed by atoms with Crippen LogP contribution in [0.2, 0.25) is 0 Å². The molecule has 1 aliphatic carbocycles. The lowest BCUT2D eigenvalue weighted by atomic mass is 10.2. The van der Waals surface area contributed by atoms with Crippen molar-refractivity contribution in [3.63, 3.8) is 0 Å². The van der Waals surface area contributed by atoms with E-state index in [9.17, 15) is 4.79 Å². The number of hydrogen-bond donors (Lipinski definition) is 1. The van der Waals surface area contributed by atoms with Crippen molar-refractivity contribution in [1.82, 2.24) is 14.8 Å². The number of nitrogens with zero attached hydrogens (tertiary/aromatic N) is 4. The topological polar surface area (TPSA) is 83.6 Å². The molecule has 1 aromatic heterocycles. The Morgan fingerprint density at radius 3 is 2.57 bits per heavy atom. The van der Waals surface area contributed by atoms with Gasteiger partial charge in [-0.3, -0.25) is 4.79 Å². The van der Waals surface area contributed by atoms with Gasteiger partial charge in [-0.1, -0.05) is 30.0 Å². The standard InChI is InChI=1S/C21H19N5OS/c1-14(20(27)23-17-11-7-15(13-22)8-12-17)28-21-24-19(16-9-10-16)26(25-21)18-5-3-2-4-6-18/h2-8,11-12,14,16H,9-10H2,1H3,(H,23,27). The molecule has 0 saturated heterocycles. The lowest BCUT2D eigenvalue weighted by Crippen LogP contribution is -2.22. The first kappa shape index (κ1) is 18.3. The molecule has 0 spiro atoms. The van der Waals surface area contributed by atoms with Gasteiger partial charge in [0.15, 0.2) is 0 Å². The zero-order chi connectivity index (χ0) is 19.5. The number of rotatable bonds is 6. The Kier molecular flexibility index (Phi) is 5.13. The van der Waals surface area contributed by atoms with Gasteiger partial charge in [-0.25, -0.2) is 9.67 Å². The van der Waals surface area contributed by atoms with Gasteiger partial charge in [0.2, 0.25) is 11.1 Å². The third-order valence-corrected chi connectivity index (χ3v) is 5.44. The van der Waals surface area contributed by atoms with Crippen LogP contribution in [-0.4, -0.2) is 25.9 Å². The molecule has 1 aliphatic rings. The average molecular weight is 389 g/mol. The fourth-order valence-electron chi connectivity index (χ4n) is 2.80. The number of thioether (sulfide) groups is 1. The number of para-hydroxylation sites is 1. The normalized spacial score (nSPS) is 14.3. The quantitative estimate of drug-likeness (QED) is 0.641. The largest absolute Gasteiger partial charge is 0.325 e. The van der Waals surface area contributed by atoms with Crippen LogP contribution in [0.4, 0.5) is 5.69 Å². The third-order valence-electron chi connectivity index (χ3n) is 4.49. The molecule has 1 heterocycles. The number of nitrogens with one attached hydrogen (secondary N) is 1. The van der Waals surface area contributed by atoms with Crippen molar-refractivity contribution in [2.24, 2.45) is 0 Å². The molecule has 0 bridgehead atoms. The van der Waals surface area contributed by atoms with Crippen molar-refractivity contribution >= 4 is 23.4 Å². The van der Waals surface area contributed by atoms with Gasteiger partial charge < -0.3 is 5.32 Å². The van der Waals surface area contributed by atoms with Gasteiger partial charge in [-0.05, 0) is 56.2 Å². The molecule has 2 aromatic carbocycles. The predicted octanol–water partition coefficient (Wildman–Crippen LogP) is 4.14. The molecule has 1 unspecified atom stereocenters. The molecule has 7 heteroatoms. The monoisotopic (exact) mass is 389 g/mol. The molecule has 28 heavy (non-hydrogen) atoms. The summed E-state index contributed by atoms with van der Waals surface area (Å²) in [6, 6.07) is 18.8. The van der Waals surface area contributed by atoms with Crippen molar-refractivity contribution in [3.8, 4) is 11.8 Å². The molecule has 3 aromatic rings. The SMILES string of the molecule is CC(Sc1nc(C2CC2)n(-c2ccccc2)n1)C(=O)Nc1ccc(C#N)cc1. The van der Waals surface area contributed by atoms with Gasteiger partial charge in [0.1, 0.15) is 5.82 Å². The van der Waals surface area contributed by atoms with E-state index >= 15 is 0 Å². The second kappa shape index (κ2) is 7.87. The summed E-state index contributed by atoms with van der Waals surface area (Å²) in [5.41, 5.74) is 2.21. The van der Waals surface area contributed by atoms with Gasteiger partial charge >= 0.3 is 0 Å². The first-order chi connectivity index (χ1) is 13.6. The maximum atomic E-state index is 12.5. The first-order valence-electron chi connectivity index (χ1n) is 9.14. The van der Waals surface area contributed by atoms with E-state index in [1.165, 1.54) is 11.8 Å². The van der Waals surface area contributed by atoms with Gasteiger partial charge in [-0.15, -0.1) is 5.10 Å². The van der Waals surface area contributed by atoms with Crippen LogP contribution in [0.15, 0.2) is 59.8 Å². The number of hydrogen-bond acceptors (Lipinski definition) is 5. The fraction of sp³-hybridized carbons (Fsp3) is 0.238. The predicted molar refractivity (Wildman–Crippen MR) is 108 cm³/mol. The highest BCUT2D eigenvalue weighted by Crippen LogP contribution is 2.40. The van der Waals surface area contributed by atoms with E-state index in [4.69, 9.17) is 10.2 Å². The van der Waals surface area contributed by atoms with Gasteiger partial charge in [0, 0.05) is 11.6 Å². The molecule has 6 nitrogen and oxygen atoms in total. The lowest BCUT2D eigenvalue weighted by Gasteiger charge is -2.10. The number of carbonyl (C=O) groups is 1. The van der Waals surface area contributed by atoms with Crippen LogP contribution in [0, 0.1) is 11.3 Å². The number of aromatic nitrogens is 3. The second-order valence-electron chi connectivity index (χ2n) is 6.71. The van der Waals surface area contributed by atoms with Gasteiger partial charge in [-0.2, -0.15) is 5.26 Å². The van der Waals surface area contributed by atoms with Gasteiger partial charge in [0.05, 0.1) is 22.6 Å². The highest BCUT2D eigenvalue weighted by Gasteiger charge is 2.31. The van der Waals surface area contributed by atoms with E-state index in [0.717, 1.165) is 24.4 Å². The Labute approximate surface area is 167 Å². The second-order valence-corrected chi connectivity index (χ2v) is 8.02. The third kappa shape index (κ3) is 4.07. The van der Waals surface area contributed by atoms with Crippen LogP contribution in [0.3, 0.4) is 0 Å². The number of anilines is 1. The maximum absolute atomic E-state index is 12.5. The smallest absolute Gasteiger partial charge is 0.237 e. The minimum absolute atomic E-state index is 0.126. The fourth-order valence-corrected chi connectivity index (χ4v) is 3.56. The number of nitriles is 1. The molecule has 1 atom stereocenters. The molecule has 0 radical (unpaired) electrons. The van der Waals surface area contributed by atoms with Crippen molar-refractivity contribution in [2.75, 3.05) is 5.32 Å². The molecule has 0 aliphatic heterocycles. The van der Waals surface area contributed by atoms with E-state index in [1.54, 1.807) is 24.3 Å². The molecule has 140 valence electrons. The zero-order valence-corrected chi connectivity index (χ0v) is 16.2. The Morgan fingerprint density at radius 2 is 1.93 bits per heavy atom. The molecule has 1 fully saturated rings. The Balaban J connectivity index is 1.47. The number of amides is 1. The Bertz CT molecular complexity index is 1020. The van der Waals surface area contributed by atoms with Crippen LogP contribution in [0.5, 0.6) is 0 Å². The van der Waals surface area contributed by atoms with Crippen LogP contribution in [0.25, 0.3) is 5.69 Å². The number of benzene rings is 2. The average Bonchev–Trinajstić information content (AvgIpc) is 3.49. The van der Waals surface area contributed by atoms with Crippen molar-refractivity contribution in [2.45, 2.75) is 36.1 Å². The van der Waals surface area contributed by atoms with E-state index in [0.29, 0.717) is 22.3 Å². The summed E-state index contributed by atoms with van der Waals surface area (Å²) in [7, 11) is 0. The zero-order valence-electron chi connectivity index (χ0n) is 15.4. The summed E-state index contributed by atoms with van der Waals surface area (Å²) >= 11 is 1.35. The highest BCUT2D eigenvalue weighted by atomic mass is 32.2. The maximum Gasteiger partial charge on any atom is 0.237 e. The van der Waals surface area contributed by atoms with Crippen molar-refractivity contribution < 1.29 is 4.79 Å². The summed E-state index contributed by atoms with van der Waals surface area (Å²) in [4.78, 5) is 17.2. The molecule has 4 rings (SSSR count). The molecule has 1 saturated carbocycles. The first-order valence-corrected chi connectivity index (χ1v) is 10.0. The van der Waals surface area contributed by atoms with Crippen LogP contribution in [-0.2, 0) is 4.79 Å². The Morgan fingerprint density at radius 1 is 1.21 bits per heavy atom. The van der Waals surface area contributed by atoms with Crippen LogP contribution in [0.1, 0.15) is 37.1 Å². The lowest BCUT2D eigenvalue weighted by molar-refractivity contribution is -0.115. The van der Waals surface area contributed by atoms with E-state index < -0.39 is 0 Å². The summed E-state index contributed by atoms with van der Waals surface area (Å²) in [6.07, 6.45) is 2.26. The minimum Gasteiger partial charge on any atom is -0.325 e. The summed E-state index contributed by atoms with van der Waals surface area (Å²) in [5.74, 6) is 1.29. The molecular formula is C21H19N5OS. The number of carbonyl (C=O) groups excluding carboxylic acids is 1. The minimum atomic E-state index is -0.352. The molecule has 1 N–H and O–H groups in total. The van der Waals surface area contributed by atoms with Crippen LogP contribution < -0.4 is 5.32 Å². The summed E-state index contributed by atoms with van der Waals surface area (Å²) < 4.78 is 1.89. The van der Waals surface area contributed by atoms with E-state index in [2.05, 4.69) is 16.5 Å².